The molecular weight excluding hydrogens is 319 g/mol. The Morgan fingerprint density at radius 1 is 1.24 bits per heavy atom. The van der Waals surface area contributed by atoms with Gasteiger partial charge in [0.05, 0.1) is 4.90 Å². The van der Waals surface area contributed by atoms with Gasteiger partial charge < -0.3 is 5.73 Å². The quantitative estimate of drug-likeness (QED) is 0.740. The molecule has 0 saturated heterocycles. The Bertz CT molecular complexity index is 715. The molecule has 0 aliphatic heterocycles. The monoisotopic (exact) mass is 338 g/mol. The van der Waals surface area contributed by atoms with Crippen molar-refractivity contribution >= 4 is 19.9 Å². The van der Waals surface area contributed by atoms with Gasteiger partial charge in [-0.15, -0.1) is 0 Å². The minimum Gasteiger partial charge on any atom is -0.328 e. The fourth-order valence-corrected chi connectivity index (χ4v) is 3.94. The summed E-state index contributed by atoms with van der Waals surface area (Å²) in [7, 11) is -7.79. The molecule has 1 aromatic rings. The lowest BCUT2D eigenvalue weighted by Crippen LogP contribution is -2.36. The molecule has 0 radical (unpaired) electrons. The van der Waals surface area contributed by atoms with Gasteiger partial charge in [0.2, 0.25) is 10.0 Å². The van der Waals surface area contributed by atoms with E-state index in [0.717, 1.165) is 24.5 Å². The molecule has 3 N–H and O–H groups in total. The first-order chi connectivity index (χ1) is 9.43. The van der Waals surface area contributed by atoms with Gasteiger partial charge in [0, 0.05) is 18.3 Å². The first kappa shape index (κ1) is 18.0. The van der Waals surface area contributed by atoms with E-state index in [1.165, 1.54) is 0 Å². The van der Waals surface area contributed by atoms with Gasteiger partial charge >= 0.3 is 0 Å². The Morgan fingerprint density at radius 2 is 1.81 bits per heavy atom. The SMILES string of the molecule is CC(N)CC(C)NS(=O)(=O)c1cc(S(C)(=O)=O)ccc1F. The lowest BCUT2D eigenvalue weighted by atomic mass is 10.1. The molecule has 9 heteroatoms. The lowest BCUT2D eigenvalue weighted by Gasteiger charge is -2.16. The minimum absolute atomic E-state index is 0.227. The van der Waals surface area contributed by atoms with Gasteiger partial charge in [-0.3, -0.25) is 0 Å². The zero-order valence-electron chi connectivity index (χ0n) is 12.0. The van der Waals surface area contributed by atoms with Crippen LogP contribution in [0.25, 0.3) is 0 Å². The maximum atomic E-state index is 13.7. The summed E-state index contributed by atoms with van der Waals surface area (Å²) in [5, 5.41) is 0. The molecule has 0 spiro atoms. The molecule has 0 aliphatic carbocycles. The minimum atomic E-state index is -4.16. The van der Waals surface area contributed by atoms with Crippen LogP contribution in [-0.4, -0.2) is 35.2 Å². The van der Waals surface area contributed by atoms with Gasteiger partial charge in [-0.2, -0.15) is 0 Å². The summed E-state index contributed by atoms with van der Waals surface area (Å²) < 4.78 is 63.2. The average Bonchev–Trinajstić information content (AvgIpc) is 2.25. The van der Waals surface area contributed by atoms with Crippen LogP contribution in [0.3, 0.4) is 0 Å². The highest BCUT2D eigenvalue weighted by molar-refractivity contribution is 7.91. The summed E-state index contributed by atoms with van der Waals surface area (Å²) >= 11 is 0. The Kier molecular flexibility index (Phi) is 5.48. The first-order valence-corrected chi connectivity index (χ1v) is 9.58. The van der Waals surface area contributed by atoms with Gasteiger partial charge in [-0.1, -0.05) is 0 Å². The van der Waals surface area contributed by atoms with E-state index in [1.54, 1.807) is 13.8 Å². The van der Waals surface area contributed by atoms with E-state index in [1.807, 2.05) is 0 Å². The Balaban J connectivity index is 3.19. The van der Waals surface area contributed by atoms with E-state index in [2.05, 4.69) is 4.72 Å². The third kappa shape index (κ3) is 5.03. The van der Waals surface area contributed by atoms with Crippen LogP contribution in [0.4, 0.5) is 4.39 Å². The number of hydrogen-bond donors (Lipinski definition) is 2. The smallest absolute Gasteiger partial charge is 0.243 e. The molecule has 0 fully saturated rings. The number of nitrogens with two attached hydrogens (primary N) is 1. The molecule has 6 nitrogen and oxygen atoms in total. The van der Waals surface area contributed by atoms with Crippen LogP contribution in [0.1, 0.15) is 20.3 Å². The molecule has 0 saturated carbocycles. The normalized spacial score (nSPS) is 15.7. The molecule has 2 unspecified atom stereocenters. The van der Waals surface area contributed by atoms with Gasteiger partial charge in [0.15, 0.2) is 9.84 Å². The van der Waals surface area contributed by atoms with Gasteiger partial charge in [-0.05, 0) is 38.5 Å². The van der Waals surface area contributed by atoms with Gasteiger partial charge in [0.1, 0.15) is 10.7 Å². The molecule has 0 aliphatic rings. The average molecular weight is 338 g/mol. The van der Waals surface area contributed by atoms with E-state index in [4.69, 9.17) is 5.73 Å². The number of sulfonamides is 1. The number of nitrogens with one attached hydrogen (secondary N) is 1. The molecule has 2 atom stereocenters. The summed E-state index contributed by atoms with van der Waals surface area (Å²) in [6, 6.07) is 1.92. The standard InChI is InChI=1S/C12H19FN2O4S2/c1-8(14)6-9(2)15-21(18,19)12-7-10(20(3,16)17)4-5-11(12)13/h4-5,7-9,15H,6,14H2,1-3H3. The molecule has 21 heavy (non-hydrogen) atoms. The van der Waals surface area contributed by atoms with Crippen LogP contribution < -0.4 is 10.5 Å². The van der Waals surface area contributed by atoms with E-state index >= 15 is 0 Å². The highest BCUT2D eigenvalue weighted by Gasteiger charge is 2.24. The number of hydrogen-bond acceptors (Lipinski definition) is 5. The molecule has 0 bridgehead atoms. The van der Waals surface area contributed by atoms with Crippen molar-refractivity contribution in [3.05, 3.63) is 24.0 Å². The van der Waals surface area contributed by atoms with Crippen LogP contribution in [-0.2, 0) is 19.9 Å². The number of sulfone groups is 1. The number of benzene rings is 1. The third-order valence-corrected chi connectivity index (χ3v) is 5.42. The summed E-state index contributed by atoms with van der Waals surface area (Å²) in [4.78, 5) is -0.953. The van der Waals surface area contributed by atoms with E-state index in [9.17, 15) is 21.2 Å². The molecule has 1 rings (SSSR count). The van der Waals surface area contributed by atoms with Crippen LogP contribution in [0.2, 0.25) is 0 Å². The van der Waals surface area contributed by atoms with E-state index in [-0.39, 0.29) is 10.9 Å². The van der Waals surface area contributed by atoms with E-state index < -0.39 is 36.6 Å². The van der Waals surface area contributed by atoms with Gasteiger partial charge in [0.25, 0.3) is 0 Å². The molecular formula is C12H19FN2O4S2. The highest BCUT2D eigenvalue weighted by Crippen LogP contribution is 2.20. The first-order valence-electron chi connectivity index (χ1n) is 6.21. The van der Waals surface area contributed by atoms with Gasteiger partial charge in [-0.25, -0.2) is 25.9 Å². The number of rotatable bonds is 6. The summed E-state index contributed by atoms with van der Waals surface area (Å²) in [5.41, 5.74) is 5.57. The zero-order chi connectivity index (χ0) is 16.4. The van der Waals surface area contributed by atoms with Crippen LogP contribution >= 0.6 is 0 Å². The number of halogens is 1. The second-order valence-corrected chi connectivity index (χ2v) is 8.80. The van der Waals surface area contributed by atoms with Crippen molar-refractivity contribution < 1.29 is 21.2 Å². The second-order valence-electron chi connectivity index (χ2n) is 5.10. The van der Waals surface area contributed by atoms with Crippen LogP contribution in [0.5, 0.6) is 0 Å². The molecule has 120 valence electrons. The van der Waals surface area contributed by atoms with Crippen molar-refractivity contribution in [2.45, 2.75) is 42.1 Å². The zero-order valence-corrected chi connectivity index (χ0v) is 13.6. The Hall–Kier alpha value is -1.03. The maximum Gasteiger partial charge on any atom is 0.243 e. The third-order valence-electron chi connectivity index (χ3n) is 2.70. The largest absolute Gasteiger partial charge is 0.328 e. The maximum absolute atomic E-state index is 13.7. The van der Waals surface area contributed by atoms with Crippen molar-refractivity contribution in [3.8, 4) is 0 Å². The highest BCUT2D eigenvalue weighted by atomic mass is 32.2. The summed E-state index contributed by atoms with van der Waals surface area (Å²) in [5.74, 6) is -1.01. The van der Waals surface area contributed by atoms with E-state index in [0.29, 0.717) is 6.42 Å². The Morgan fingerprint density at radius 3 is 2.29 bits per heavy atom. The fourth-order valence-electron chi connectivity index (χ4n) is 1.85. The van der Waals surface area contributed by atoms with Crippen molar-refractivity contribution in [3.63, 3.8) is 0 Å². The lowest BCUT2D eigenvalue weighted by molar-refractivity contribution is 0.512. The second kappa shape index (κ2) is 6.39. The van der Waals surface area contributed by atoms with Crippen molar-refractivity contribution in [2.24, 2.45) is 5.73 Å². The Labute approximate surface area is 124 Å². The fraction of sp³-hybridized carbons (Fsp3) is 0.500. The van der Waals surface area contributed by atoms with Crippen molar-refractivity contribution in [1.29, 1.82) is 0 Å². The predicted octanol–water partition coefficient (Wildman–Crippen LogP) is 0.633. The van der Waals surface area contributed by atoms with Crippen molar-refractivity contribution in [2.75, 3.05) is 6.26 Å². The summed E-state index contributed by atoms with van der Waals surface area (Å²) in [6.07, 6.45) is 1.29. The van der Waals surface area contributed by atoms with Crippen molar-refractivity contribution in [1.82, 2.24) is 4.72 Å². The van der Waals surface area contributed by atoms with Crippen LogP contribution in [0.15, 0.2) is 28.0 Å². The van der Waals surface area contributed by atoms with Crippen LogP contribution in [0, 0.1) is 5.82 Å². The topological polar surface area (TPSA) is 106 Å². The summed E-state index contributed by atoms with van der Waals surface area (Å²) in [6.45, 7) is 3.31. The molecule has 0 aromatic heterocycles. The molecule has 0 heterocycles. The molecule has 0 amide bonds. The predicted molar refractivity (Wildman–Crippen MR) is 77.6 cm³/mol. The molecule has 1 aromatic carbocycles.